The first-order chi connectivity index (χ1) is 8.79. The lowest BCUT2D eigenvalue weighted by atomic mass is 9.86. The van der Waals surface area contributed by atoms with Crippen LogP contribution in [0.5, 0.6) is 5.75 Å². The molecule has 1 aliphatic rings. The number of methoxy groups -OCH3 is 1. The van der Waals surface area contributed by atoms with Gasteiger partial charge in [-0.25, -0.2) is 0 Å². The van der Waals surface area contributed by atoms with Gasteiger partial charge in [0, 0.05) is 25.7 Å². The third kappa shape index (κ3) is 1.74. The van der Waals surface area contributed by atoms with Crippen molar-refractivity contribution in [1.29, 1.82) is 0 Å². The molecule has 0 radical (unpaired) electrons. The standard InChI is InChI=1S/C14H17N3O/c1-17-9-10(8-16-17)11-6-7-15-14-12(11)4-3-5-13(14)18-2/h3-5,8-9,11,15H,6-7H2,1-2H3. The van der Waals surface area contributed by atoms with Crippen molar-refractivity contribution < 1.29 is 4.74 Å². The van der Waals surface area contributed by atoms with E-state index in [1.807, 2.05) is 30.1 Å². The summed E-state index contributed by atoms with van der Waals surface area (Å²) in [7, 11) is 3.67. The maximum atomic E-state index is 5.42. The molecule has 94 valence electrons. The van der Waals surface area contributed by atoms with Gasteiger partial charge in [-0.3, -0.25) is 4.68 Å². The van der Waals surface area contributed by atoms with Crippen LogP contribution in [0, 0.1) is 0 Å². The van der Waals surface area contributed by atoms with Gasteiger partial charge in [-0.1, -0.05) is 12.1 Å². The van der Waals surface area contributed by atoms with Crippen molar-refractivity contribution in [3.8, 4) is 5.75 Å². The van der Waals surface area contributed by atoms with Crippen molar-refractivity contribution in [3.05, 3.63) is 41.7 Å². The Bertz CT molecular complexity index is 562. The van der Waals surface area contributed by atoms with Crippen LogP contribution < -0.4 is 10.1 Å². The number of nitrogens with one attached hydrogen (secondary N) is 1. The Kier molecular flexibility index (Phi) is 2.70. The molecule has 3 rings (SSSR count). The molecule has 2 aromatic rings. The second-order valence-corrected chi connectivity index (χ2v) is 4.64. The monoisotopic (exact) mass is 243 g/mol. The Morgan fingerprint density at radius 2 is 2.33 bits per heavy atom. The van der Waals surface area contributed by atoms with Crippen LogP contribution in [0.3, 0.4) is 0 Å². The molecular weight excluding hydrogens is 226 g/mol. The van der Waals surface area contributed by atoms with E-state index in [-0.39, 0.29) is 0 Å². The van der Waals surface area contributed by atoms with Gasteiger partial charge in [0.25, 0.3) is 0 Å². The second kappa shape index (κ2) is 4.37. The quantitative estimate of drug-likeness (QED) is 0.880. The molecule has 4 heteroatoms. The van der Waals surface area contributed by atoms with Crippen LogP contribution in [-0.4, -0.2) is 23.4 Å². The summed E-state index contributed by atoms with van der Waals surface area (Å²) in [5, 5.41) is 7.71. The number of hydrogen-bond donors (Lipinski definition) is 1. The normalized spacial score (nSPS) is 18.0. The molecule has 0 amide bonds. The van der Waals surface area contributed by atoms with Crippen molar-refractivity contribution in [3.63, 3.8) is 0 Å². The molecule has 0 fully saturated rings. The van der Waals surface area contributed by atoms with Crippen LogP contribution in [0.1, 0.15) is 23.5 Å². The minimum atomic E-state index is 0.407. The highest BCUT2D eigenvalue weighted by Gasteiger charge is 2.24. The number of hydrogen-bond acceptors (Lipinski definition) is 3. The Morgan fingerprint density at radius 3 is 3.06 bits per heavy atom. The van der Waals surface area contributed by atoms with E-state index >= 15 is 0 Å². The largest absolute Gasteiger partial charge is 0.495 e. The molecule has 1 aliphatic heterocycles. The Labute approximate surface area is 107 Å². The summed E-state index contributed by atoms with van der Waals surface area (Å²) in [6.45, 7) is 0.965. The van der Waals surface area contributed by atoms with Crippen molar-refractivity contribution in [1.82, 2.24) is 9.78 Å². The summed E-state index contributed by atoms with van der Waals surface area (Å²) in [5.74, 6) is 1.33. The van der Waals surface area contributed by atoms with Gasteiger partial charge in [0.1, 0.15) is 5.75 Å². The van der Waals surface area contributed by atoms with E-state index in [1.165, 1.54) is 11.1 Å². The molecule has 18 heavy (non-hydrogen) atoms. The van der Waals surface area contributed by atoms with E-state index in [2.05, 4.69) is 22.7 Å². The zero-order valence-corrected chi connectivity index (χ0v) is 10.7. The van der Waals surface area contributed by atoms with Gasteiger partial charge in [-0.05, 0) is 23.6 Å². The topological polar surface area (TPSA) is 39.1 Å². The molecule has 0 saturated heterocycles. The molecule has 1 unspecified atom stereocenters. The summed E-state index contributed by atoms with van der Waals surface area (Å²) in [6, 6.07) is 6.22. The predicted octanol–water partition coefficient (Wildman–Crippen LogP) is 2.38. The first-order valence-corrected chi connectivity index (χ1v) is 6.19. The number of benzene rings is 1. The number of aromatic nitrogens is 2. The summed E-state index contributed by atoms with van der Waals surface area (Å²) in [6.07, 6.45) is 5.14. The molecule has 1 atom stereocenters. The van der Waals surface area contributed by atoms with Crippen molar-refractivity contribution in [2.75, 3.05) is 19.0 Å². The van der Waals surface area contributed by atoms with E-state index < -0.39 is 0 Å². The summed E-state index contributed by atoms with van der Waals surface area (Å²) < 4.78 is 7.28. The van der Waals surface area contributed by atoms with Crippen LogP contribution in [0.25, 0.3) is 0 Å². The van der Waals surface area contributed by atoms with Crippen molar-refractivity contribution in [2.45, 2.75) is 12.3 Å². The van der Waals surface area contributed by atoms with Gasteiger partial charge >= 0.3 is 0 Å². The second-order valence-electron chi connectivity index (χ2n) is 4.64. The van der Waals surface area contributed by atoms with Gasteiger partial charge in [0.15, 0.2) is 0 Å². The predicted molar refractivity (Wildman–Crippen MR) is 71.2 cm³/mol. The fourth-order valence-corrected chi connectivity index (χ4v) is 2.66. The minimum absolute atomic E-state index is 0.407. The molecule has 1 N–H and O–H groups in total. The molecule has 0 spiro atoms. The Balaban J connectivity index is 2.07. The maximum Gasteiger partial charge on any atom is 0.142 e. The van der Waals surface area contributed by atoms with Crippen molar-refractivity contribution >= 4 is 5.69 Å². The van der Waals surface area contributed by atoms with E-state index in [0.717, 1.165) is 24.4 Å². The first-order valence-electron chi connectivity index (χ1n) is 6.19. The highest BCUT2D eigenvalue weighted by atomic mass is 16.5. The number of para-hydroxylation sites is 1. The Morgan fingerprint density at radius 1 is 1.44 bits per heavy atom. The van der Waals surface area contributed by atoms with Gasteiger partial charge in [-0.2, -0.15) is 5.10 Å². The number of anilines is 1. The molecule has 4 nitrogen and oxygen atoms in total. The zero-order valence-electron chi connectivity index (χ0n) is 10.7. The number of rotatable bonds is 2. The third-order valence-corrected chi connectivity index (χ3v) is 3.52. The smallest absolute Gasteiger partial charge is 0.142 e. The molecule has 2 heterocycles. The van der Waals surface area contributed by atoms with Crippen molar-refractivity contribution in [2.24, 2.45) is 7.05 Å². The number of ether oxygens (including phenoxy) is 1. The minimum Gasteiger partial charge on any atom is -0.495 e. The zero-order chi connectivity index (χ0) is 12.5. The fourth-order valence-electron chi connectivity index (χ4n) is 2.66. The highest BCUT2D eigenvalue weighted by molar-refractivity contribution is 5.66. The maximum absolute atomic E-state index is 5.42. The van der Waals surface area contributed by atoms with Gasteiger partial charge in [0.05, 0.1) is 19.0 Å². The molecule has 1 aromatic carbocycles. The summed E-state index contributed by atoms with van der Waals surface area (Å²) in [4.78, 5) is 0. The van der Waals surface area contributed by atoms with E-state index in [9.17, 15) is 0 Å². The van der Waals surface area contributed by atoms with Gasteiger partial charge in [-0.15, -0.1) is 0 Å². The third-order valence-electron chi connectivity index (χ3n) is 3.52. The summed E-state index contributed by atoms with van der Waals surface area (Å²) in [5.41, 5.74) is 3.70. The van der Waals surface area contributed by atoms with E-state index in [4.69, 9.17) is 4.74 Å². The van der Waals surface area contributed by atoms with Crippen LogP contribution in [-0.2, 0) is 7.05 Å². The molecular formula is C14H17N3O. The number of fused-ring (bicyclic) bond motifs is 1. The molecule has 1 aromatic heterocycles. The SMILES string of the molecule is COc1cccc2c1NCCC2c1cnn(C)c1. The van der Waals surface area contributed by atoms with E-state index in [1.54, 1.807) is 7.11 Å². The molecule has 0 aliphatic carbocycles. The number of aryl methyl sites for hydroxylation is 1. The lowest BCUT2D eigenvalue weighted by molar-refractivity contribution is 0.415. The van der Waals surface area contributed by atoms with Crippen LogP contribution >= 0.6 is 0 Å². The van der Waals surface area contributed by atoms with Crippen LogP contribution in [0.2, 0.25) is 0 Å². The average molecular weight is 243 g/mol. The molecule has 0 saturated carbocycles. The molecule has 0 bridgehead atoms. The van der Waals surface area contributed by atoms with Crippen LogP contribution in [0.4, 0.5) is 5.69 Å². The first kappa shape index (κ1) is 11.1. The highest BCUT2D eigenvalue weighted by Crippen LogP contribution is 2.40. The lowest BCUT2D eigenvalue weighted by Crippen LogP contribution is -2.18. The Hall–Kier alpha value is -1.97. The van der Waals surface area contributed by atoms with Crippen LogP contribution in [0.15, 0.2) is 30.6 Å². The fraction of sp³-hybridized carbons (Fsp3) is 0.357. The number of nitrogens with zero attached hydrogens (tertiary/aromatic N) is 2. The summed E-state index contributed by atoms with van der Waals surface area (Å²) >= 11 is 0. The van der Waals surface area contributed by atoms with E-state index in [0.29, 0.717) is 5.92 Å². The van der Waals surface area contributed by atoms with Gasteiger partial charge < -0.3 is 10.1 Å². The average Bonchev–Trinajstić information content (AvgIpc) is 2.84. The van der Waals surface area contributed by atoms with Gasteiger partial charge in [0.2, 0.25) is 0 Å². The lowest BCUT2D eigenvalue weighted by Gasteiger charge is -2.27.